The molecule has 2 rings (SSSR count). The number of rotatable bonds is 4. The van der Waals surface area contributed by atoms with E-state index in [9.17, 15) is 20.4 Å². The van der Waals surface area contributed by atoms with Gasteiger partial charge in [-0.2, -0.15) is 0 Å². The SMILES string of the molecule is CC(O)(O)C(O)(O)Cc1[nH]c(-c2ccccc2)nc1S. The molecule has 7 heteroatoms. The molecule has 1 heterocycles. The summed E-state index contributed by atoms with van der Waals surface area (Å²) in [4.78, 5) is 7.07. The molecule has 20 heavy (non-hydrogen) atoms. The molecule has 0 unspecified atom stereocenters. The second-order valence-electron chi connectivity index (χ2n) is 4.77. The number of aromatic nitrogens is 2. The van der Waals surface area contributed by atoms with Gasteiger partial charge in [-0.1, -0.05) is 30.3 Å². The van der Waals surface area contributed by atoms with E-state index < -0.39 is 18.0 Å². The van der Waals surface area contributed by atoms with E-state index in [0.717, 1.165) is 12.5 Å². The van der Waals surface area contributed by atoms with Crippen LogP contribution in [-0.2, 0) is 6.42 Å². The van der Waals surface area contributed by atoms with Gasteiger partial charge in [0, 0.05) is 12.0 Å². The molecule has 2 aromatic rings. The predicted octanol–water partition coefficient (Wildman–Crippen LogP) is 0.290. The van der Waals surface area contributed by atoms with Crippen LogP contribution in [0.2, 0.25) is 0 Å². The van der Waals surface area contributed by atoms with Crippen LogP contribution in [0.15, 0.2) is 35.4 Å². The van der Waals surface area contributed by atoms with Crippen molar-refractivity contribution < 1.29 is 20.4 Å². The summed E-state index contributed by atoms with van der Waals surface area (Å²) in [5, 5.41) is 38.3. The number of H-pyrrole nitrogens is 1. The van der Waals surface area contributed by atoms with Gasteiger partial charge < -0.3 is 25.4 Å². The molecular weight excluding hydrogens is 280 g/mol. The zero-order valence-corrected chi connectivity index (χ0v) is 11.7. The monoisotopic (exact) mass is 296 g/mol. The third-order valence-electron chi connectivity index (χ3n) is 2.99. The summed E-state index contributed by atoms with van der Waals surface area (Å²) < 4.78 is 0. The van der Waals surface area contributed by atoms with Crippen LogP contribution >= 0.6 is 12.6 Å². The van der Waals surface area contributed by atoms with Gasteiger partial charge in [-0.05, 0) is 6.92 Å². The zero-order valence-electron chi connectivity index (χ0n) is 10.8. The second-order valence-corrected chi connectivity index (χ2v) is 5.19. The fraction of sp³-hybridized carbons (Fsp3) is 0.308. The van der Waals surface area contributed by atoms with Crippen molar-refractivity contribution in [3.63, 3.8) is 0 Å². The molecule has 1 aromatic heterocycles. The molecule has 0 aliphatic carbocycles. The maximum absolute atomic E-state index is 9.68. The fourth-order valence-electron chi connectivity index (χ4n) is 1.67. The Kier molecular flexibility index (Phi) is 3.90. The number of imidazole rings is 1. The molecule has 0 radical (unpaired) electrons. The molecule has 6 nitrogen and oxygen atoms in total. The molecule has 5 N–H and O–H groups in total. The van der Waals surface area contributed by atoms with Gasteiger partial charge in [0.1, 0.15) is 10.9 Å². The van der Waals surface area contributed by atoms with Crippen LogP contribution in [0.1, 0.15) is 12.6 Å². The Bertz CT molecular complexity index is 590. The highest BCUT2D eigenvalue weighted by Crippen LogP contribution is 2.26. The van der Waals surface area contributed by atoms with Crippen LogP contribution < -0.4 is 0 Å². The summed E-state index contributed by atoms with van der Waals surface area (Å²) in [5.41, 5.74) is 1.11. The maximum Gasteiger partial charge on any atom is 0.223 e. The van der Waals surface area contributed by atoms with Crippen molar-refractivity contribution in [2.45, 2.75) is 29.9 Å². The first-order valence-corrected chi connectivity index (χ1v) is 6.38. The highest BCUT2D eigenvalue weighted by atomic mass is 32.1. The second kappa shape index (κ2) is 5.19. The average molecular weight is 296 g/mol. The fourth-order valence-corrected chi connectivity index (χ4v) is 1.91. The van der Waals surface area contributed by atoms with Crippen molar-refractivity contribution in [2.24, 2.45) is 0 Å². The van der Waals surface area contributed by atoms with E-state index in [1.165, 1.54) is 0 Å². The number of thiol groups is 1. The molecular formula is C13H16N2O4S. The quantitative estimate of drug-likeness (QED) is 0.359. The lowest BCUT2D eigenvalue weighted by Crippen LogP contribution is -2.53. The van der Waals surface area contributed by atoms with Crippen molar-refractivity contribution in [1.29, 1.82) is 0 Å². The molecule has 0 amide bonds. The standard InChI is InChI=1S/C13H16N2O4S/c1-12(16,17)13(18,19)7-9-11(20)15-10(14-9)8-5-3-2-4-6-8/h2-6,16-20H,7H2,1H3,(H,14,15). The average Bonchev–Trinajstić information content (AvgIpc) is 2.70. The number of hydrogen-bond acceptors (Lipinski definition) is 6. The van der Waals surface area contributed by atoms with Crippen molar-refractivity contribution in [3.05, 3.63) is 36.0 Å². The minimum Gasteiger partial charge on any atom is -0.362 e. The predicted molar refractivity (Wildman–Crippen MR) is 75.0 cm³/mol. The Morgan fingerprint density at radius 2 is 1.75 bits per heavy atom. The molecule has 1 aromatic carbocycles. The number of nitrogens with one attached hydrogen (secondary N) is 1. The Morgan fingerprint density at radius 1 is 1.15 bits per heavy atom. The van der Waals surface area contributed by atoms with Gasteiger partial charge in [-0.25, -0.2) is 4.98 Å². The van der Waals surface area contributed by atoms with Crippen molar-refractivity contribution in [3.8, 4) is 11.4 Å². The number of benzene rings is 1. The Labute approximate surface area is 121 Å². The topological polar surface area (TPSA) is 110 Å². The normalized spacial score (nSPS) is 12.7. The molecule has 108 valence electrons. The van der Waals surface area contributed by atoms with E-state index in [4.69, 9.17) is 0 Å². The van der Waals surface area contributed by atoms with Crippen LogP contribution in [0.4, 0.5) is 0 Å². The number of nitrogens with zero attached hydrogens (tertiary/aromatic N) is 1. The molecule has 0 saturated carbocycles. The van der Waals surface area contributed by atoms with Crippen LogP contribution in [0.25, 0.3) is 11.4 Å². The van der Waals surface area contributed by atoms with Crippen molar-refractivity contribution in [1.82, 2.24) is 9.97 Å². The van der Waals surface area contributed by atoms with Crippen LogP contribution in [0.3, 0.4) is 0 Å². The zero-order chi connectivity index (χ0) is 15.0. The van der Waals surface area contributed by atoms with E-state index >= 15 is 0 Å². The van der Waals surface area contributed by atoms with E-state index in [0.29, 0.717) is 11.5 Å². The Hall–Kier alpha value is -1.38. The van der Waals surface area contributed by atoms with Gasteiger partial charge in [0.15, 0.2) is 0 Å². The minimum absolute atomic E-state index is 0.264. The van der Waals surface area contributed by atoms with Crippen LogP contribution in [0, 0.1) is 0 Å². The van der Waals surface area contributed by atoms with Gasteiger partial charge in [0.05, 0.1) is 5.69 Å². The first-order valence-electron chi connectivity index (χ1n) is 5.93. The van der Waals surface area contributed by atoms with Gasteiger partial charge in [0.25, 0.3) is 0 Å². The van der Waals surface area contributed by atoms with E-state index in [1.54, 1.807) is 0 Å². The van der Waals surface area contributed by atoms with Gasteiger partial charge >= 0.3 is 0 Å². The summed E-state index contributed by atoms with van der Waals surface area (Å²) in [6.07, 6.45) is -0.449. The number of aliphatic hydroxyl groups is 4. The van der Waals surface area contributed by atoms with Crippen molar-refractivity contribution >= 4 is 12.6 Å². The summed E-state index contributed by atoms with van der Waals surface area (Å²) in [6, 6.07) is 9.23. The highest BCUT2D eigenvalue weighted by molar-refractivity contribution is 7.80. The largest absolute Gasteiger partial charge is 0.362 e. The highest BCUT2D eigenvalue weighted by Gasteiger charge is 2.43. The molecule has 0 spiro atoms. The first kappa shape index (κ1) is 15.0. The molecule has 0 bridgehead atoms. The first-order chi connectivity index (χ1) is 9.21. The van der Waals surface area contributed by atoms with E-state index in [2.05, 4.69) is 22.6 Å². The summed E-state index contributed by atoms with van der Waals surface area (Å²) >= 11 is 4.15. The van der Waals surface area contributed by atoms with E-state index in [-0.39, 0.29) is 5.03 Å². The molecule has 0 aliphatic heterocycles. The van der Waals surface area contributed by atoms with Crippen LogP contribution in [0.5, 0.6) is 0 Å². The molecule has 0 fully saturated rings. The third kappa shape index (κ3) is 3.02. The molecule has 0 aliphatic rings. The lowest BCUT2D eigenvalue weighted by molar-refractivity contribution is -0.347. The third-order valence-corrected chi connectivity index (χ3v) is 3.36. The lowest BCUT2D eigenvalue weighted by Gasteiger charge is -2.31. The van der Waals surface area contributed by atoms with Crippen LogP contribution in [-0.4, -0.2) is 42.0 Å². The van der Waals surface area contributed by atoms with Gasteiger partial charge in [-0.3, -0.25) is 0 Å². The van der Waals surface area contributed by atoms with E-state index in [1.807, 2.05) is 30.3 Å². The maximum atomic E-state index is 9.68. The Balaban J connectivity index is 2.30. The van der Waals surface area contributed by atoms with Crippen molar-refractivity contribution in [2.75, 3.05) is 0 Å². The van der Waals surface area contributed by atoms with Gasteiger partial charge in [0.2, 0.25) is 11.6 Å². The number of hydrogen-bond donors (Lipinski definition) is 6. The smallest absolute Gasteiger partial charge is 0.223 e. The number of aromatic amines is 1. The van der Waals surface area contributed by atoms with Gasteiger partial charge in [-0.15, -0.1) is 12.6 Å². The summed E-state index contributed by atoms with van der Waals surface area (Å²) in [7, 11) is 0. The summed E-state index contributed by atoms with van der Waals surface area (Å²) in [6.45, 7) is 0.889. The molecule has 0 atom stereocenters. The minimum atomic E-state index is -2.72. The molecule has 0 saturated heterocycles. The Morgan fingerprint density at radius 3 is 2.30 bits per heavy atom. The lowest BCUT2D eigenvalue weighted by atomic mass is 10.0. The summed E-state index contributed by atoms with van der Waals surface area (Å²) in [5.74, 6) is -4.87.